The Hall–Kier alpha value is -1.30. The Bertz CT molecular complexity index is 371. The van der Waals surface area contributed by atoms with Crippen molar-refractivity contribution in [1.82, 2.24) is 10.2 Å². The highest BCUT2D eigenvalue weighted by molar-refractivity contribution is 5.74. The molecule has 0 aromatic carbocycles. The van der Waals surface area contributed by atoms with Crippen molar-refractivity contribution in [3.8, 4) is 0 Å². The van der Waals surface area contributed by atoms with Gasteiger partial charge in [0.2, 0.25) is 0 Å². The Labute approximate surface area is 125 Å². The molecule has 120 valence electrons. The number of nitrogens with one attached hydrogen (secondary N) is 1. The van der Waals surface area contributed by atoms with Gasteiger partial charge in [-0.05, 0) is 38.0 Å². The topological polar surface area (TPSA) is 78.9 Å². The molecule has 0 aliphatic heterocycles. The van der Waals surface area contributed by atoms with Crippen LogP contribution in [-0.2, 0) is 9.53 Å². The Morgan fingerprint density at radius 3 is 2.71 bits per heavy atom. The molecule has 2 N–H and O–H groups in total. The number of carbonyl (C=O) groups is 2. The van der Waals surface area contributed by atoms with E-state index in [1.807, 2.05) is 0 Å². The number of carbonyl (C=O) groups excluding carboxylic acids is 1. The van der Waals surface area contributed by atoms with E-state index in [4.69, 9.17) is 9.84 Å². The fourth-order valence-electron chi connectivity index (χ4n) is 2.67. The van der Waals surface area contributed by atoms with Crippen LogP contribution in [0.5, 0.6) is 0 Å². The van der Waals surface area contributed by atoms with Crippen LogP contribution in [0.2, 0.25) is 0 Å². The highest BCUT2D eigenvalue weighted by Crippen LogP contribution is 2.28. The second kappa shape index (κ2) is 7.64. The van der Waals surface area contributed by atoms with Crippen LogP contribution in [0.15, 0.2) is 0 Å². The predicted octanol–water partition coefficient (Wildman–Crippen LogP) is 1.70. The largest absolute Gasteiger partial charge is 0.481 e. The minimum Gasteiger partial charge on any atom is -0.481 e. The predicted molar refractivity (Wildman–Crippen MR) is 78.1 cm³/mol. The van der Waals surface area contributed by atoms with Gasteiger partial charge in [-0.15, -0.1) is 0 Å². The summed E-state index contributed by atoms with van der Waals surface area (Å²) in [7, 11) is 1.74. The first-order valence-corrected chi connectivity index (χ1v) is 7.88. The maximum atomic E-state index is 12.0. The van der Waals surface area contributed by atoms with Gasteiger partial charge in [0.25, 0.3) is 0 Å². The summed E-state index contributed by atoms with van der Waals surface area (Å²) < 4.78 is 5.52. The Morgan fingerprint density at radius 2 is 2.05 bits per heavy atom. The van der Waals surface area contributed by atoms with Crippen LogP contribution in [-0.4, -0.2) is 54.9 Å². The zero-order valence-corrected chi connectivity index (χ0v) is 12.7. The number of nitrogens with zero attached hydrogens (tertiary/aromatic N) is 1. The van der Waals surface area contributed by atoms with Crippen molar-refractivity contribution in [3.63, 3.8) is 0 Å². The lowest BCUT2D eigenvalue weighted by Gasteiger charge is -2.29. The Kier molecular flexibility index (Phi) is 5.85. The van der Waals surface area contributed by atoms with E-state index in [1.54, 1.807) is 11.9 Å². The maximum absolute atomic E-state index is 12.0. The lowest BCUT2D eigenvalue weighted by atomic mass is 9.86. The monoisotopic (exact) mass is 298 g/mol. The molecule has 2 fully saturated rings. The third-order valence-electron chi connectivity index (χ3n) is 4.32. The van der Waals surface area contributed by atoms with E-state index in [1.165, 1.54) is 12.8 Å². The molecule has 21 heavy (non-hydrogen) atoms. The molecule has 6 heteroatoms. The molecular weight excluding hydrogens is 272 g/mol. The third-order valence-corrected chi connectivity index (χ3v) is 4.32. The zero-order valence-electron chi connectivity index (χ0n) is 12.7. The lowest BCUT2D eigenvalue weighted by molar-refractivity contribution is -0.143. The van der Waals surface area contributed by atoms with Crippen LogP contribution < -0.4 is 5.32 Å². The number of amides is 2. The fraction of sp³-hybridized carbons (Fsp3) is 0.867. The van der Waals surface area contributed by atoms with Crippen LogP contribution in [0, 0.1) is 11.8 Å². The molecule has 2 amide bonds. The smallest absolute Gasteiger partial charge is 0.317 e. The first-order chi connectivity index (χ1) is 10.1. The van der Waals surface area contributed by atoms with E-state index in [2.05, 4.69) is 5.32 Å². The summed E-state index contributed by atoms with van der Waals surface area (Å²) in [6.07, 6.45) is 5.50. The Morgan fingerprint density at radius 1 is 1.29 bits per heavy atom. The number of aliphatic carboxylic acids is 1. The molecule has 0 saturated heterocycles. The van der Waals surface area contributed by atoms with Crippen LogP contribution in [0.3, 0.4) is 0 Å². The first-order valence-electron chi connectivity index (χ1n) is 7.88. The van der Waals surface area contributed by atoms with Crippen molar-refractivity contribution >= 4 is 12.0 Å². The zero-order chi connectivity index (χ0) is 15.2. The number of carboxylic acids is 1. The summed E-state index contributed by atoms with van der Waals surface area (Å²) in [5.74, 6) is -0.341. The van der Waals surface area contributed by atoms with E-state index in [9.17, 15) is 9.59 Å². The third kappa shape index (κ3) is 5.53. The van der Waals surface area contributed by atoms with Gasteiger partial charge in [0.05, 0.1) is 12.5 Å². The summed E-state index contributed by atoms with van der Waals surface area (Å²) in [5.41, 5.74) is 0. The number of hydrogen-bond donors (Lipinski definition) is 2. The van der Waals surface area contributed by atoms with Gasteiger partial charge in [-0.1, -0.05) is 6.42 Å². The number of ether oxygens (including phenoxy) is 1. The van der Waals surface area contributed by atoms with E-state index in [0.29, 0.717) is 26.0 Å². The first kappa shape index (κ1) is 16.1. The summed E-state index contributed by atoms with van der Waals surface area (Å²) in [5, 5.41) is 12.0. The average Bonchev–Trinajstić information content (AvgIpc) is 3.27. The molecule has 0 aromatic rings. The molecule has 2 saturated carbocycles. The summed E-state index contributed by atoms with van der Waals surface area (Å²) in [4.78, 5) is 24.7. The number of urea groups is 1. The molecule has 2 aliphatic carbocycles. The van der Waals surface area contributed by atoms with Crippen LogP contribution in [0.4, 0.5) is 4.79 Å². The molecule has 0 radical (unpaired) electrons. The maximum Gasteiger partial charge on any atom is 0.317 e. The van der Waals surface area contributed by atoms with E-state index in [0.717, 1.165) is 25.4 Å². The highest BCUT2D eigenvalue weighted by Gasteiger charge is 2.28. The molecule has 6 nitrogen and oxygen atoms in total. The Balaban J connectivity index is 1.63. The second-order valence-corrected chi connectivity index (χ2v) is 6.29. The summed E-state index contributed by atoms with van der Waals surface area (Å²) in [6, 6.07) is -0.164. The normalized spacial score (nSPS) is 25.4. The van der Waals surface area contributed by atoms with Gasteiger partial charge >= 0.3 is 12.0 Å². The van der Waals surface area contributed by atoms with Gasteiger partial charge < -0.3 is 20.1 Å². The molecule has 0 bridgehead atoms. The van der Waals surface area contributed by atoms with Crippen LogP contribution >= 0.6 is 0 Å². The van der Waals surface area contributed by atoms with Gasteiger partial charge in [0, 0.05) is 26.2 Å². The summed E-state index contributed by atoms with van der Waals surface area (Å²) >= 11 is 0. The van der Waals surface area contributed by atoms with Crippen molar-refractivity contribution in [2.45, 2.75) is 44.6 Å². The van der Waals surface area contributed by atoms with E-state index >= 15 is 0 Å². The molecule has 0 spiro atoms. The van der Waals surface area contributed by atoms with Crippen LogP contribution in [0.1, 0.15) is 38.5 Å². The van der Waals surface area contributed by atoms with Gasteiger partial charge in [-0.2, -0.15) is 0 Å². The van der Waals surface area contributed by atoms with E-state index < -0.39 is 5.97 Å². The molecular formula is C15H26N2O4. The molecule has 2 rings (SSSR count). The van der Waals surface area contributed by atoms with Gasteiger partial charge in [-0.25, -0.2) is 4.79 Å². The lowest BCUT2D eigenvalue weighted by Crippen LogP contribution is -2.46. The van der Waals surface area contributed by atoms with Crippen LogP contribution in [0.25, 0.3) is 0 Å². The molecule has 0 heterocycles. The number of hydrogen-bond acceptors (Lipinski definition) is 3. The second-order valence-electron chi connectivity index (χ2n) is 6.29. The summed E-state index contributed by atoms with van der Waals surface area (Å²) in [6.45, 7) is 1.93. The van der Waals surface area contributed by atoms with Gasteiger partial charge in [0.15, 0.2) is 0 Å². The van der Waals surface area contributed by atoms with Crippen molar-refractivity contribution in [3.05, 3.63) is 0 Å². The number of carboxylic acid groups (broad SMARTS) is 1. The standard InChI is InChI=1S/C15H26N2O4/c1-17(7-8-21-10-11-5-6-11)15(20)16-13-4-2-3-12(9-13)14(18)19/h11-13H,2-10H2,1H3,(H,16,20)(H,18,19). The van der Waals surface area contributed by atoms with Crippen molar-refractivity contribution in [2.75, 3.05) is 26.8 Å². The average molecular weight is 298 g/mol. The molecule has 2 aliphatic rings. The SMILES string of the molecule is CN(CCOCC1CC1)C(=O)NC1CCCC(C(=O)O)C1. The minimum absolute atomic E-state index is 0.0258. The van der Waals surface area contributed by atoms with Gasteiger partial charge in [-0.3, -0.25) is 4.79 Å². The fourth-order valence-corrected chi connectivity index (χ4v) is 2.67. The minimum atomic E-state index is -0.754. The quantitative estimate of drug-likeness (QED) is 0.701. The molecule has 0 aromatic heterocycles. The van der Waals surface area contributed by atoms with Crippen molar-refractivity contribution in [2.24, 2.45) is 11.8 Å². The molecule has 2 unspecified atom stereocenters. The number of likely N-dealkylation sites (N-methyl/N-ethyl adjacent to an activating group) is 1. The highest BCUT2D eigenvalue weighted by atomic mass is 16.5. The van der Waals surface area contributed by atoms with E-state index in [-0.39, 0.29) is 18.0 Å². The van der Waals surface area contributed by atoms with Crippen molar-refractivity contribution in [1.29, 1.82) is 0 Å². The number of rotatable bonds is 7. The molecule has 2 atom stereocenters. The van der Waals surface area contributed by atoms with Crippen molar-refractivity contribution < 1.29 is 19.4 Å². The van der Waals surface area contributed by atoms with Gasteiger partial charge in [0.1, 0.15) is 0 Å².